The molecule has 0 aliphatic rings. The van der Waals surface area contributed by atoms with E-state index in [-0.39, 0.29) is 24.2 Å². The fourth-order valence-corrected chi connectivity index (χ4v) is 1.66. The van der Waals surface area contributed by atoms with E-state index in [0.717, 1.165) is 17.9 Å². The van der Waals surface area contributed by atoms with E-state index in [1.807, 2.05) is 52.2 Å². The highest BCUT2D eigenvalue weighted by Gasteiger charge is 2.16. The molecule has 0 spiro atoms. The molecule has 0 saturated carbocycles. The summed E-state index contributed by atoms with van der Waals surface area (Å²) in [5, 5.41) is 2.85. The smallest absolute Gasteiger partial charge is 0.237 e. The van der Waals surface area contributed by atoms with E-state index in [4.69, 9.17) is 10.5 Å². The minimum absolute atomic E-state index is 0. The van der Waals surface area contributed by atoms with E-state index >= 15 is 0 Å². The topological polar surface area (TPSA) is 67.6 Å². The number of rotatable bonds is 8. The highest BCUT2D eigenvalue weighted by atomic mass is 35.5. The van der Waals surface area contributed by atoms with Crippen molar-refractivity contribution in [1.82, 2.24) is 10.2 Å². The van der Waals surface area contributed by atoms with Gasteiger partial charge in [0.15, 0.2) is 0 Å². The maximum atomic E-state index is 11.8. The van der Waals surface area contributed by atoms with Gasteiger partial charge in [0.25, 0.3) is 0 Å². The number of carbonyl (C=O) groups is 1. The summed E-state index contributed by atoms with van der Waals surface area (Å²) < 4.78 is 5.62. The largest absolute Gasteiger partial charge is 0.492 e. The van der Waals surface area contributed by atoms with Crippen LogP contribution >= 0.6 is 12.4 Å². The number of amides is 1. The molecular weight excluding hydrogens is 302 g/mol. The molecule has 1 aromatic carbocycles. The van der Waals surface area contributed by atoms with Crippen molar-refractivity contribution in [3.8, 4) is 5.75 Å². The van der Waals surface area contributed by atoms with Gasteiger partial charge in [-0.1, -0.05) is 26.0 Å². The number of nitrogens with one attached hydrogen (secondary N) is 1. The summed E-state index contributed by atoms with van der Waals surface area (Å²) in [7, 11) is 4.02. The molecule has 0 aliphatic carbocycles. The van der Waals surface area contributed by atoms with E-state index in [1.165, 1.54) is 0 Å². The predicted octanol–water partition coefficient (Wildman–Crippen LogP) is 1.65. The summed E-state index contributed by atoms with van der Waals surface area (Å²) in [6.45, 7) is 5.89. The minimum Gasteiger partial charge on any atom is -0.492 e. The van der Waals surface area contributed by atoms with E-state index in [9.17, 15) is 4.79 Å². The van der Waals surface area contributed by atoms with Crippen LogP contribution in [-0.2, 0) is 11.3 Å². The summed E-state index contributed by atoms with van der Waals surface area (Å²) in [6, 6.07) is 7.27. The second kappa shape index (κ2) is 10.4. The second-order valence-corrected chi connectivity index (χ2v) is 5.78. The first-order valence-corrected chi connectivity index (χ1v) is 7.30. The van der Waals surface area contributed by atoms with Crippen LogP contribution in [0.15, 0.2) is 24.3 Å². The van der Waals surface area contributed by atoms with E-state index in [1.54, 1.807) is 0 Å². The number of nitrogens with two attached hydrogens (primary N) is 1. The van der Waals surface area contributed by atoms with Crippen LogP contribution in [0.2, 0.25) is 0 Å². The summed E-state index contributed by atoms with van der Waals surface area (Å²) in [4.78, 5) is 13.8. The Labute approximate surface area is 139 Å². The molecule has 0 saturated heterocycles. The molecule has 6 heteroatoms. The van der Waals surface area contributed by atoms with Crippen LogP contribution in [0.5, 0.6) is 5.75 Å². The zero-order valence-electron chi connectivity index (χ0n) is 13.8. The zero-order valence-corrected chi connectivity index (χ0v) is 14.7. The standard InChI is InChI=1S/C16H27N3O2.ClH/c1-12(2)15(17)16(20)18-11-13-5-7-14(8-6-13)21-10-9-19(3)4;/h5-8,12,15H,9-11,17H2,1-4H3,(H,18,20);1H/t15-;/m0./s1. The van der Waals surface area contributed by atoms with Crippen molar-refractivity contribution >= 4 is 18.3 Å². The van der Waals surface area contributed by atoms with Crippen molar-refractivity contribution in [2.24, 2.45) is 11.7 Å². The van der Waals surface area contributed by atoms with Crippen LogP contribution in [0.3, 0.4) is 0 Å². The van der Waals surface area contributed by atoms with Crippen molar-refractivity contribution in [2.45, 2.75) is 26.4 Å². The van der Waals surface area contributed by atoms with Gasteiger partial charge in [-0.2, -0.15) is 0 Å². The number of ether oxygens (including phenoxy) is 1. The van der Waals surface area contributed by atoms with Crippen LogP contribution in [0.25, 0.3) is 0 Å². The highest BCUT2D eigenvalue weighted by Crippen LogP contribution is 2.12. The van der Waals surface area contributed by atoms with Crippen LogP contribution < -0.4 is 15.8 Å². The van der Waals surface area contributed by atoms with Crippen LogP contribution in [0, 0.1) is 5.92 Å². The first-order chi connectivity index (χ1) is 9.90. The molecule has 1 rings (SSSR count). The summed E-state index contributed by atoms with van der Waals surface area (Å²) in [6.07, 6.45) is 0. The number of likely N-dealkylation sites (N-methyl/N-ethyl adjacent to an activating group) is 1. The molecule has 0 heterocycles. The van der Waals surface area contributed by atoms with Crippen molar-refractivity contribution in [3.63, 3.8) is 0 Å². The minimum atomic E-state index is -0.460. The van der Waals surface area contributed by atoms with Gasteiger partial charge in [-0.05, 0) is 37.7 Å². The average Bonchev–Trinajstić information content (AvgIpc) is 2.44. The average molecular weight is 330 g/mol. The van der Waals surface area contributed by atoms with Crippen LogP contribution in [-0.4, -0.2) is 44.1 Å². The van der Waals surface area contributed by atoms with Crippen molar-refractivity contribution in [3.05, 3.63) is 29.8 Å². The normalized spacial score (nSPS) is 12.0. The second-order valence-electron chi connectivity index (χ2n) is 5.78. The summed E-state index contributed by atoms with van der Waals surface area (Å²) in [5.41, 5.74) is 6.82. The fourth-order valence-electron chi connectivity index (χ4n) is 1.66. The predicted molar refractivity (Wildman–Crippen MR) is 92.4 cm³/mol. The summed E-state index contributed by atoms with van der Waals surface area (Å²) >= 11 is 0. The van der Waals surface area contributed by atoms with Crippen molar-refractivity contribution in [2.75, 3.05) is 27.2 Å². The third kappa shape index (κ3) is 7.64. The highest BCUT2D eigenvalue weighted by molar-refractivity contribution is 5.85. The van der Waals surface area contributed by atoms with E-state index in [2.05, 4.69) is 10.2 Å². The van der Waals surface area contributed by atoms with Crippen molar-refractivity contribution < 1.29 is 9.53 Å². The molecule has 126 valence electrons. The third-order valence-electron chi connectivity index (χ3n) is 3.22. The van der Waals surface area contributed by atoms with Crippen LogP contribution in [0.1, 0.15) is 19.4 Å². The zero-order chi connectivity index (χ0) is 15.8. The van der Waals surface area contributed by atoms with Gasteiger partial charge in [0.2, 0.25) is 5.91 Å². The number of carbonyl (C=O) groups excluding carboxylic acids is 1. The number of nitrogens with zero attached hydrogens (tertiary/aromatic N) is 1. The van der Waals surface area contributed by atoms with Gasteiger partial charge in [0.05, 0.1) is 6.04 Å². The van der Waals surface area contributed by atoms with E-state index in [0.29, 0.717) is 13.2 Å². The molecular formula is C16H28ClN3O2. The molecule has 1 aromatic rings. The van der Waals surface area contributed by atoms with Gasteiger partial charge < -0.3 is 20.7 Å². The molecule has 0 aliphatic heterocycles. The molecule has 0 radical (unpaired) electrons. The van der Waals surface area contributed by atoms with Gasteiger partial charge in [0.1, 0.15) is 12.4 Å². The Bertz CT molecular complexity index is 436. The Morgan fingerprint density at radius 3 is 2.36 bits per heavy atom. The van der Waals surface area contributed by atoms with Gasteiger partial charge in [-0.25, -0.2) is 0 Å². The van der Waals surface area contributed by atoms with Crippen molar-refractivity contribution in [1.29, 1.82) is 0 Å². The first-order valence-electron chi connectivity index (χ1n) is 7.30. The Hall–Kier alpha value is -1.30. The number of hydrogen-bond acceptors (Lipinski definition) is 4. The Morgan fingerprint density at radius 2 is 1.86 bits per heavy atom. The molecule has 0 aromatic heterocycles. The van der Waals surface area contributed by atoms with Gasteiger partial charge in [-0.3, -0.25) is 4.79 Å². The lowest BCUT2D eigenvalue weighted by atomic mass is 10.0. The summed E-state index contributed by atoms with van der Waals surface area (Å²) in [5.74, 6) is 0.861. The molecule has 3 N–H and O–H groups in total. The number of halogens is 1. The number of hydrogen-bond donors (Lipinski definition) is 2. The molecule has 5 nitrogen and oxygen atoms in total. The molecule has 22 heavy (non-hydrogen) atoms. The van der Waals surface area contributed by atoms with Gasteiger partial charge in [-0.15, -0.1) is 12.4 Å². The lowest BCUT2D eigenvalue weighted by Crippen LogP contribution is -2.43. The lowest BCUT2D eigenvalue weighted by Gasteiger charge is -2.15. The van der Waals surface area contributed by atoms with E-state index < -0.39 is 6.04 Å². The Balaban J connectivity index is 0.00000441. The molecule has 0 bridgehead atoms. The molecule has 0 fully saturated rings. The third-order valence-corrected chi connectivity index (χ3v) is 3.22. The first kappa shape index (κ1) is 20.7. The number of benzene rings is 1. The molecule has 1 amide bonds. The fraction of sp³-hybridized carbons (Fsp3) is 0.562. The SMILES string of the molecule is CC(C)[C@H](N)C(=O)NCc1ccc(OCCN(C)C)cc1.Cl. The van der Waals surface area contributed by atoms with Gasteiger partial charge >= 0.3 is 0 Å². The maximum Gasteiger partial charge on any atom is 0.237 e. The molecule has 0 unspecified atom stereocenters. The Morgan fingerprint density at radius 1 is 1.27 bits per heavy atom. The lowest BCUT2D eigenvalue weighted by molar-refractivity contribution is -0.123. The monoisotopic (exact) mass is 329 g/mol. The maximum absolute atomic E-state index is 11.8. The Kier molecular flexibility index (Phi) is 9.81. The van der Waals surface area contributed by atoms with Crippen LogP contribution in [0.4, 0.5) is 0 Å². The molecule has 1 atom stereocenters. The van der Waals surface area contributed by atoms with Gasteiger partial charge in [0, 0.05) is 13.1 Å². The quantitative estimate of drug-likeness (QED) is 0.761.